The molecule has 84 valence electrons. The fraction of sp³-hybridized carbons (Fsp3) is 0.900. The molecule has 0 heterocycles. The molecule has 0 radical (unpaired) electrons. The van der Waals surface area contributed by atoms with Gasteiger partial charge in [0.1, 0.15) is 12.6 Å². The van der Waals surface area contributed by atoms with Crippen LogP contribution < -0.4 is 0 Å². The predicted molar refractivity (Wildman–Crippen MR) is 66.2 cm³/mol. The monoisotopic (exact) mass is 313 g/mol. The van der Waals surface area contributed by atoms with E-state index in [9.17, 15) is 4.79 Å². The van der Waals surface area contributed by atoms with Crippen molar-refractivity contribution in [1.29, 1.82) is 0 Å². The maximum absolute atomic E-state index is 11.4. The summed E-state index contributed by atoms with van der Waals surface area (Å²) >= 11 is 2.07. The number of ether oxygens (including phenoxy) is 1. The van der Waals surface area contributed by atoms with E-state index in [1.807, 2.05) is 7.05 Å². The summed E-state index contributed by atoms with van der Waals surface area (Å²) in [4.78, 5) is 11.4. The van der Waals surface area contributed by atoms with Gasteiger partial charge in [-0.2, -0.15) is 0 Å². The molecular formula is C10H20INO2. The Bertz CT molecular complexity index is 173. The Labute approximate surface area is 101 Å². The molecule has 0 saturated carbocycles. The van der Waals surface area contributed by atoms with Gasteiger partial charge in [-0.25, -0.2) is 3.11 Å². The van der Waals surface area contributed by atoms with E-state index in [-0.39, 0.29) is 12.1 Å². The lowest BCUT2D eigenvalue weighted by atomic mass is 9.96. The lowest BCUT2D eigenvalue weighted by Crippen LogP contribution is -2.32. The van der Waals surface area contributed by atoms with Crippen molar-refractivity contribution in [2.45, 2.75) is 33.8 Å². The van der Waals surface area contributed by atoms with Gasteiger partial charge >= 0.3 is 5.97 Å². The van der Waals surface area contributed by atoms with Gasteiger partial charge in [-0.1, -0.05) is 27.7 Å². The van der Waals surface area contributed by atoms with E-state index in [0.717, 1.165) is 0 Å². The van der Waals surface area contributed by atoms with Gasteiger partial charge in [-0.05, 0) is 18.9 Å². The average molecular weight is 313 g/mol. The molecule has 0 aromatic carbocycles. The highest BCUT2D eigenvalue weighted by Crippen LogP contribution is 2.16. The maximum Gasteiger partial charge on any atom is 0.321 e. The third-order valence-electron chi connectivity index (χ3n) is 1.93. The Morgan fingerprint density at radius 3 is 2.00 bits per heavy atom. The van der Waals surface area contributed by atoms with E-state index in [4.69, 9.17) is 4.74 Å². The third kappa shape index (κ3) is 5.80. The van der Waals surface area contributed by atoms with E-state index in [1.54, 1.807) is 3.11 Å². The molecule has 0 bridgehead atoms. The van der Waals surface area contributed by atoms with Gasteiger partial charge in [0.2, 0.25) is 0 Å². The van der Waals surface area contributed by atoms with Crippen molar-refractivity contribution < 1.29 is 9.53 Å². The zero-order valence-corrected chi connectivity index (χ0v) is 11.7. The average Bonchev–Trinajstić information content (AvgIpc) is 1.97. The molecule has 0 aliphatic rings. The van der Waals surface area contributed by atoms with E-state index < -0.39 is 0 Å². The maximum atomic E-state index is 11.4. The number of carbonyl (C=O) groups is 1. The number of hydrogen-bond donors (Lipinski definition) is 0. The van der Waals surface area contributed by atoms with Crippen molar-refractivity contribution in [2.75, 3.05) is 13.6 Å². The van der Waals surface area contributed by atoms with Crippen LogP contribution in [-0.2, 0) is 9.53 Å². The van der Waals surface area contributed by atoms with Gasteiger partial charge in [0, 0.05) is 22.9 Å². The van der Waals surface area contributed by atoms with Crippen LogP contribution in [0, 0.1) is 11.8 Å². The fourth-order valence-corrected chi connectivity index (χ4v) is 1.69. The minimum absolute atomic E-state index is 0.0267. The number of likely N-dealkylation sites (N-methyl/N-ethyl adjacent to an activating group) is 1. The number of carbonyl (C=O) groups excluding carboxylic acids is 1. The molecule has 0 rings (SSSR count). The molecule has 0 aliphatic heterocycles. The summed E-state index contributed by atoms with van der Waals surface area (Å²) in [5.74, 6) is 0.603. The van der Waals surface area contributed by atoms with E-state index in [1.165, 1.54) is 0 Å². The summed E-state index contributed by atoms with van der Waals surface area (Å²) in [7, 11) is 1.85. The van der Waals surface area contributed by atoms with E-state index in [0.29, 0.717) is 18.4 Å². The van der Waals surface area contributed by atoms with Crippen LogP contribution in [-0.4, -0.2) is 28.8 Å². The number of nitrogens with zero attached hydrogens (tertiary/aromatic N) is 1. The number of esters is 1. The minimum atomic E-state index is -0.144. The second-order valence-electron chi connectivity index (χ2n) is 4.21. The molecule has 0 aromatic heterocycles. The SMILES string of the molecule is CC(C)C(OC(=O)CN(C)I)C(C)C. The molecule has 0 fully saturated rings. The molecule has 0 aliphatic carbocycles. The van der Waals surface area contributed by atoms with Crippen molar-refractivity contribution in [1.82, 2.24) is 3.11 Å². The molecule has 0 aromatic rings. The Balaban J connectivity index is 4.10. The minimum Gasteiger partial charge on any atom is -0.461 e. The van der Waals surface area contributed by atoms with Gasteiger partial charge in [0.15, 0.2) is 0 Å². The molecule has 0 N–H and O–H groups in total. The lowest BCUT2D eigenvalue weighted by molar-refractivity contribution is -0.153. The van der Waals surface area contributed by atoms with E-state index in [2.05, 4.69) is 50.6 Å². The molecule has 14 heavy (non-hydrogen) atoms. The fourth-order valence-electron chi connectivity index (χ4n) is 1.41. The van der Waals surface area contributed by atoms with Crippen LogP contribution in [0.25, 0.3) is 0 Å². The largest absolute Gasteiger partial charge is 0.461 e. The van der Waals surface area contributed by atoms with Crippen LogP contribution in [0.5, 0.6) is 0 Å². The number of halogens is 1. The first-order valence-electron chi connectivity index (χ1n) is 4.91. The Morgan fingerprint density at radius 2 is 1.71 bits per heavy atom. The van der Waals surface area contributed by atoms with Gasteiger partial charge in [-0.15, -0.1) is 0 Å². The topological polar surface area (TPSA) is 29.5 Å². The second-order valence-corrected chi connectivity index (χ2v) is 5.85. The normalized spacial score (nSPS) is 11.9. The van der Waals surface area contributed by atoms with Crippen molar-refractivity contribution >= 4 is 28.8 Å². The molecule has 0 saturated heterocycles. The van der Waals surface area contributed by atoms with Crippen molar-refractivity contribution in [3.05, 3.63) is 0 Å². The first-order valence-corrected chi connectivity index (χ1v) is 5.87. The van der Waals surface area contributed by atoms with E-state index >= 15 is 0 Å². The summed E-state index contributed by atoms with van der Waals surface area (Å²) in [5, 5.41) is 0. The second kappa shape index (κ2) is 6.61. The Hall–Kier alpha value is 0.160. The van der Waals surface area contributed by atoms with Crippen LogP contribution in [0.4, 0.5) is 0 Å². The highest BCUT2D eigenvalue weighted by molar-refractivity contribution is 14.1. The molecule has 0 atom stereocenters. The lowest BCUT2D eigenvalue weighted by Gasteiger charge is -2.25. The van der Waals surface area contributed by atoms with Crippen molar-refractivity contribution in [3.8, 4) is 0 Å². The summed E-state index contributed by atoms with van der Waals surface area (Å²) in [5.41, 5.74) is 0. The number of rotatable bonds is 5. The zero-order valence-electron chi connectivity index (χ0n) is 9.58. The summed E-state index contributed by atoms with van der Waals surface area (Å²) in [6.45, 7) is 8.64. The van der Waals surface area contributed by atoms with Crippen LogP contribution in [0.15, 0.2) is 0 Å². The first kappa shape index (κ1) is 14.2. The summed E-state index contributed by atoms with van der Waals surface area (Å²) < 4.78 is 7.19. The molecule has 0 spiro atoms. The van der Waals surface area contributed by atoms with Crippen LogP contribution in [0.2, 0.25) is 0 Å². The molecule has 4 heteroatoms. The summed E-state index contributed by atoms with van der Waals surface area (Å²) in [6, 6.07) is 0. The van der Waals surface area contributed by atoms with Crippen LogP contribution in [0.3, 0.4) is 0 Å². The molecule has 0 unspecified atom stereocenters. The molecular weight excluding hydrogens is 293 g/mol. The smallest absolute Gasteiger partial charge is 0.321 e. The molecule has 0 amide bonds. The van der Waals surface area contributed by atoms with Crippen LogP contribution >= 0.6 is 22.9 Å². The standard InChI is InChI=1S/C10H20INO2/c1-7(2)10(8(3)4)14-9(13)6-12(5)11/h7-8,10H,6H2,1-5H3. The van der Waals surface area contributed by atoms with Gasteiger partial charge in [-0.3, -0.25) is 4.79 Å². The Kier molecular flexibility index (Phi) is 6.68. The highest BCUT2D eigenvalue weighted by Gasteiger charge is 2.21. The van der Waals surface area contributed by atoms with Gasteiger partial charge in [0.05, 0.1) is 0 Å². The van der Waals surface area contributed by atoms with Crippen LogP contribution in [0.1, 0.15) is 27.7 Å². The quantitative estimate of drug-likeness (QED) is 0.444. The van der Waals surface area contributed by atoms with Crippen molar-refractivity contribution in [3.63, 3.8) is 0 Å². The first-order chi connectivity index (χ1) is 6.34. The summed E-state index contributed by atoms with van der Waals surface area (Å²) in [6.07, 6.45) is 0.0267. The highest BCUT2D eigenvalue weighted by atomic mass is 127. The predicted octanol–water partition coefficient (Wildman–Crippen LogP) is 2.49. The number of hydrogen-bond acceptors (Lipinski definition) is 3. The van der Waals surface area contributed by atoms with Gasteiger partial charge in [0.25, 0.3) is 0 Å². The Morgan fingerprint density at radius 1 is 1.29 bits per heavy atom. The van der Waals surface area contributed by atoms with Crippen molar-refractivity contribution in [2.24, 2.45) is 11.8 Å². The zero-order chi connectivity index (χ0) is 11.3. The molecule has 3 nitrogen and oxygen atoms in total. The third-order valence-corrected chi connectivity index (χ3v) is 2.27. The van der Waals surface area contributed by atoms with Gasteiger partial charge < -0.3 is 4.74 Å².